The number of halogens is 1. The molecule has 2 aromatic carbocycles. The molecule has 4 N–H and O–H groups in total. The fourth-order valence-electron chi connectivity index (χ4n) is 3.74. The minimum atomic E-state index is -0.390. The molecule has 2 heterocycles. The third-order valence-corrected chi connectivity index (χ3v) is 5.46. The molecule has 1 unspecified atom stereocenters. The van der Waals surface area contributed by atoms with Crippen LogP contribution < -0.4 is 16.6 Å². The van der Waals surface area contributed by atoms with Crippen LogP contribution in [0, 0.1) is 5.82 Å². The van der Waals surface area contributed by atoms with Crippen LogP contribution in [0.15, 0.2) is 59.5 Å². The minimum Gasteiger partial charge on any atom is -0.397 e. The Morgan fingerprint density at radius 2 is 2.00 bits per heavy atom. The lowest BCUT2D eigenvalue weighted by Gasteiger charge is -2.21. The Balaban J connectivity index is 1.51. The first-order valence-corrected chi connectivity index (χ1v) is 9.88. The zero-order valence-corrected chi connectivity index (χ0v) is 16.6. The van der Waals surface area contributed by atoms with E-state index in [0.717, 1.165) is 25.1 Å². The van der Waals surface area contributed by atoms with Crippen molar-refractivity contribution in [2.45, 2.75) is 25.8 Å². The van der Waals surface area contributed by atoms with E-state index in [2.05, 4.69) is 17.2 Å². The van der Waals surface area contributed by atoms with Gasteiger partial charge in [-0.2, -0.15) is 0 Å². The van der Waals surface area contributed by atoms with Gasteiger partial charge in [-0.15, -0.1) is 0 Å². The first-order valence-electron chi connectivity index (χ1n) is 9.88. The van der Waals surface area contributed by atoms with Gasteiger partial charge in [0.25, 0.3) is 11.5 Å². The highest BCUT2D eigenvalue weighted by molar-refractivity contribution is 5.95. The van der Waals surface area contributed by atoms with E-state index in [1.807, 2.05) is 4.90 Å². The highest BCUT2D eigenvalue weighted by atomic mass is 19.1. The molecule has 0 spiro atoms. The van der Waals surface area contributed by atoms with E-state index in [4.69, 9.17) is 5.73 Å². The van der Waals surface area contributed by atoms with Crippen molar-refractivity contribution in [3.05, 3.63) is 82.0 Å². The number of nitrogens with two attached hydrogens (primary N) is 1. The average molecular weight is 406 g/mol. The average Bonchev–Trinajstić information content (AvgIpc) is 3.17. The molecule has 1 aromatic heterocycles. The second-order valence-electron chi connectivity index (χ2n) is 7.55. The molecule has 30 heavy (non-hydrogen) atoms. The predicted molar refractivity (Wildman–Crippen MR) is 116 cm³/mol. The Hall–Kier alpha value is -3.61. The van der Waals surface area contributed by atoms with Gasteiger partial charge >= 0.3 is 0 Å². The van der Waals surface area contributed by atoms with Crippen LogP contribution in [0.2, 0.25) is 0 Å². The Morgan fingerprint density at radius 1 is 1.23 bits per heavy atom. The Morgan fingerprint density at radius 3 is 2.70 bits per heavy atom. The Bertz CT molecular complexity index is 1180. The van der Waals surface area contributed by atoms with Gasteiger partial charge in [-0.3, -0.25) is 9.59 Å². The number of aromatic amines is 1. The number of hydrogen-bond donors (Lipinski definition) is 3. The van der Waals surface area contributed by atoms with Crippen molar-refractivity contribution in [2.24, 2.45) is 5.73 Å². The molecule has 1 aliphatic heterocycles. The summed E-state index contributed by atoms with van der Waals surface area (Å²) in [4.78, 5) is 29.5. The van der Waals surface area contributed by atoms with E-state index >= 15 is 0 Å². The predicted octanol–water partition coefficient (Wildman–Crippen LogP) is 3.66. The van der Waals surface area contributed by atoms with Crippen molar-refractivity contribution in [3.63, 3.8) is 0 Å². The van der Waals surface area contributed by atoms with Gasteiger partial charge in [0.05, 0.1) is 11.3 Å². The van der Waals surface area contributed by atoms with Crippen LogP contribution in [-0.4, -0.2) is 28.4 Å². The lowest BCUT2D eigenvalue weighted by molar-refractivity contribution is 0.0747. The number of carbonyl (C=O) groups excluding carboxylic acids is 1. The smallest absolute Gasteiger partial charge is 0.257 e. The summed E-state index contributed by atoms with van der Waals surface area (Å²) < 4.78 is 13.5. The molecule has 0 bridgehead atoms. The number of nitrogens with one attached hydrogen (secondary N) is 2. The third-order valence-electron chi connectivity index (χ3n) is 5.46. The van der Waals surface area contributed by atoms with Gasteiger partial charge in [0.1, 0.15) is 5.82 Å². The molecule has 4 rings (SSSR count). The number of pyridine rings is 1. The number of anilines is 1. The third kappa shape index (κ3) is 3.91. The summed E-state index contributed by atoms with van der Waals surface area (Å²) in [6, 6.07) is 13.1. The molecule has 1 amide bonds. The van der Waals surface area contributed by atoms with E-state index in [9.17, 15) is 14.0 Å². The lowest BCUT2D eigenvalue weighted by Crippen LogP contribution is -2.33. The van der Waals surface area contributed by atoms with Gasteiger partial charge < -0.3 is 20.9 Å². The number of benzene rings is 2. The van der Waals surface area contributed by atoms with Crippen molar-refractivity contribution < 1.29 is 9.18 Å². The van der Waals surface area contributed by atoms with Crippen LogP contribution in [0.3, 0.4) is 0 Å². The molecule has 1 fully saturated rings. The lowest BCUT2D eigenvalue weighted by atomic mass is 10.1. The van der Waals surface area contributed by atoms with E-state index in [-0.39, 0.29) is 34.6 Å². The largest absolute Gasteiger partial charge is 0.397 e. The molecule has 1 atom stereocenters. The molecule has 1 saturated heterocycles. The molecular formula is C23H23FN4O2. The van der Waals surface area contributed by atoms with Gasteiger partial charge in [0.15, 0.2) is 0 Å². The Kier molecular flexibility index (Phi) is 5.27. The number of carbonyl (C=O) groups is 1. The fourth-order valence-corrected chi connectivity index (χ4v) is 3.74. The first-order chi connectivity index (χ1) is 14.4. The number of aromatic nitrogens is 1. The molecule has 0 saturated carbocycles. The topological polar surface area (TPSA) is 91.2 Å². The van der Waals surface area contributed by atoms with Gasteiger partial charge in [0.2, 0.25) is 0 Å². The van der Waals surface area contributed by atoms with Crippen molar-refractivity contribution in [3.8, 4) is 0 Å². The van der Waals surface area contributed by atoms with Gasteiger partial charge in [-0.1, -0.05) is 0 Å². The second-order valence-corrected chi connectivity index (χ2v) is 7.55. The number of hydrogen-bond acceptors (Lipinski definition) is 4. The summed E-state index contributed by atoms with van der Waals surface area (Å²) in [6.07, 6.45) is 3.59. The van der Waals surface area contributed by atoms with Gasteiger partial charge in [0, 0.05) is 40.9 Å². The van der Waals surface area contributed by atoms with Crippen molar-refractivity contribution in [1.82, 2.24) is 9.88 Å². The molecule has 7 heteroatoms. The number of likely N-dealkylation sites (tertiary alicyclic amines) is 1. The van der Waals surface area contributed by atoms with Crippen molar-refractivity contribution >= 4 is 28.2 Å². The number of fused-ring (bicyclic) bond motifs is 1. The van der Waals surface area contributed by atoms with Crippen LogP contribution in [-0.2, 0) is 0 Å². The van der Waals surface area contributed by atoms with Crippen LogP contribution in [0.5, 0.6) is 0 Å². The van der Waals surface area contributed by atoms with Crippen molar-refractivity contribution in [2.75, 3.05) is 11.9 Å². The van der Waals surface area contributed by atoms with Crippen LogP contribution in [0.1, 0.15) is 35.7 Å². The van der Waals surface area contributed by atoms with Crippen molar-refractivity contribution in [1.29, 1.82) is 0 Å². The number of H-pyrrole nitrogens is 1. The molecule has 0 aliphatic carbocycles. The zero-order valence-electron chi connectivity index (χ0n) is 16.6. The molecule has 0 radical (unpaired) electrons. The number of nitrogens with zero attached hydrogens (tertiary/aromatic N) is 1. The summed E-state index contributed by atoms with van der Waals surface area (Å²) in [7, 11) is 0. The zero-order chi connectivity index (χ0) is 21.3. The van der Waals surface area contributed by atoms with Crippen LogP contribution in [0.4, 0.5) is 10.1 Å². The van der Waals surface area contributed by atoms with Gasteiger partial charge in [-0.25, -0.2) is 4.39 Å². The maximum atomic E-state index is 13.5. The molecule has 1 aliphatic rings. The van der Waals surface area contributed by atoms with E-state index in [1.54, 1.807) is 30.3 Å². The molecule has 6 nitrogen and oxygen atoms in total. The number of amides is 1. The van der Waals surface area contributed by atoms with Crippen LogP contribution >= 0.6 is 0 Å². The summed E-state index contributed by atoms with van der Waals surface area (Å²) in [6.45, 7) is 2.86. The fraction of sp³-hybridized carbons (Fsp3) is 0.217. The maximum Gasteiger partial charge on any atom is 0.257 e. The highest BCUT2D eigenvalue weighted by Crippen LogP contribution is 2.21. The summed E-state index contributed by atoms with van der Waals surface area (Å²) >= 11 is 0. The maximum absolute atomic E-state index is 13.5. The van der Waals surface area contributed by atoms with E-state index in [0.29, 0.717) is 16.5 Å². The second kappa shape index (κ2) is 8.02. The summed E-state index contributed by atoms with van der Waals surface area (Å²) in [5, 5.41) is 3.59. The van der Waals surface area contributed by atoms with Crippen LogP contribution in [0.25, 0.3) is 16.6 Å². The first kappa shape index (κ1) is 19.7. The summed E-state index contributed by atoms with van der Waals surface area (Å²) in [5.41, 5.74) is 8.09. The molecule has 3 aromatic rings. The van der Waals surface area contributed by atoms with Gasteiger partial charge in [-0.05, 0) is 68.3 Å². The normalized spacial score (nSPS) is 16.8. The molecular weight excluding hydrogens is 383 g/mol. The standard InChI is InChI=1S/C23H23FN4O2/c1-14-3-2-10-28(14)23(30)15-4-7-18(8-5-15)26-13-20(25)19-12-16-11-17(24)6-9-21(16)27-22(19)29/h4-9,11-14,26H,2-3,10,25H2,1H3,(H,27,29)/b20-13-. The Labute approximate surface area is 173 Å². The summed E-state index contributed by atoms with van der Waals surface area (Å²) in [5.74, 6) is -0.351. The highest BCUT2D eigenvalue weighted by Gasteiger charge is 2.25. The SMILES string of the molecule is CC1CCCN1C(=O)c1ccc(N/C=C(\N)c2cc3cc(F)ccc3[nH]c2=O)cc1. The van der Waals surface area contributed by atoms with E-state index < -0.39 is 0 Å². The quantitative estimate of drug-likeness (QED) is 0.617. The molecule has 154 valence electrons. The monoisotopic (exact) mass is 406 g/mol. The number of rotatable bonds is 4. The minimum absolute atomic E-state index is 0.0385. The van der Waals surface area contributed by atoms with E-state index in [1.165, 1.54) is 24.4 Å².